The van der Waals surface area contributed by atoms with Gasteiger partial charge in [-0.1, -0.05) is 12.1 Å². The molecule has 0 amide bonds. The van der Waals surface area contributed by atoms with Crippen molar-refractivity contribution >= 4 is 12.4 Å². The van der Waals surface area contributed by atoms with Gasteiger partial charge in [-0.25, -0.2) is 8.78 Å². The zero-order chi connectivity index (χ0) is 14.6. The molecule has 1 atom stereocenters. The van der Waals surface area contributed by atoms with Crippen LogP contribution < -0.4 is 10.1 Å². The number of nitrogens with zero attached hydrogens (tertiary/aromatic N) is 1. The van der Waals surface area contributed by atoms with E-state index in [0.717, 1.165) is 0 Å². The van der Waals surface area contributed by atoms with Gasteiger partial charge in [0.2, 0.25) is 0 Å². The number of hydrogen-bond donors (Lipinski definition) is 2. The Kier molecular flexibility index (Phi) is 6.80. The lowest BCUT2D eigenvalue weighted by Crippen LogP contribution is -2.51. The Morgan fingerprint density at radius 3 is 2.62 bits per heavy atom. The number of piperazine rings is 1. The number of hydrogen-bond acceptors (Lipinski definition) is 4. The van der Waals surface area contributed by atoms with E-state index >= 15 is 0 Å². The minimum Gasteiger partial charge on any atom is -0.497 e. The third kappa shape index (κ3) is 4.26. The van der Waals surface area contributed by atoms with Gasteiger partial charge in [0.1, 0.15) is 18.4 Å². The van der Waals surface area contributed by atoms with Crippen LogP contribution in [0, 0.1) is 0 Å². The zero-order valence-electron chi connectivity index (χ0n) is 11.9. The number of benzene rings is 1. The molecule has 120 valence electrons. The number of ether oxygens (including phenoxy) is 1. The molecule has 1 saturated heterocycles. The van der Waals surface area contributed by atoms with Crippen LogP contribution in [-0.2, 0) is 0 Å². The lowest BCUT2D eigenvalue weighted by atomic mass is 9.98. The first-order valence-electron chi connectivity index (χ1n) is 6.66. The molecule has 21 heavy (non-hydrogen) atoms. The molecule has 1 aromatic rings. The van der Waals surface area contributed by atoms with E-state index in [2.05, 4.69) is 5.32 Å². The molecule has 0 bridgehead atoms. The average molecular weight is 323 g/mol. The SMILES string of the molecule is COc1cccc([C@H](N2CCNCC2)C(F)(F)CO)c1.Cl. The maximum absolute atomic E-state index is 14.2. The zero-order valence-corrected chi connectivity index (χ0v) is 12.7. The molecule has 0 radical (unpaired) electrons. The van der Waals surface area contributed by atoms with Crippen molar-refractivity contribution in [3.63, 3.8) is 0 Å². The molecule has 0 saturated carbocycles. The van der Waals surface area contributed by atoms with Crippen LogP contribution in [0.2, 0.25) is 0 Å². The molecule has 4 nitrogen and oxygen atoms in total. The third-order valence-corrected chi connectivity index (χ3v) is 3.54. The van der Waals surface area contributed by atoms with E-state index in [9.17, 15) is 8.78 Å². The van der Waals surface area contributed by atoms with Gasteiger partial charge in [-0.3, -0.25) is 4.90 Å². The standard InChI is InChI=1S/C14H20F2N2O2.ClH/c1-20-12-4-2-3-11(9-12)13(14(15,16)10-19)18-7-5-17-6-8-18;/h2-4,9,13,17,19H,5-8,10H2,1H3;1H/t13-;/m0./s1. The molecule has 0 spiro atoms. The van der Waals surface area contributed by atoms with Crippen LogP contribution in [0.3, 0.4) is 0 Å². The van der Waals surface area contributed by atoms with Crippen LogP contribution >= 0.6 is 12.4 Å². The molecule has 0 unspecified atom stereocenters. The van der Waals surface area contributed by atoms with Gasteiger partial charge in [-0.15, -0.1) is 12.4 Å². The molecule has 1 aliphatic rings. The van der Waals surface area contributed by atoms with Gasteiger partial charge in [0.25, 0.3) is 5.92 Å². The fraction of sp³-hybridized carbons (Fsp3) is 0.571. The highest BCUT2D eigenvalue weighted by Crippen LogP contribution is 2.37. The van der Waals surface area contributed by atoms with Crippen molar-refractivity contribution in [2.75, 3.05) is 39.9 Å². The Hall–Kier alpha value is -0.950. The summed E-state index contributed by atoms with van der Waals surface area (Å²) in [4.78, 5) is 1.71. The van der Waals surface area contributed by atoms with Crippen molar-refractivity contribution in [3.05, 3.63) is 29.8 Å². The summed E-state index contributed by atoms with van der Waals surface area (Å²) >= 11 is 0. The highest BCUT2D eigenvalue weighted by Gasteiger charge is 2.44. The Bertz CT molecular complexity index is 443. The van der Waals surface area contributed by atoms with E-state index in [4.69, 9.17) is 9.84 Å². The number of aliphatic hydroxyl groups is 1. The largest absolute Gasteiger partial charge is 0.497 e. The summed E-state index contributed by atoms with van der Waals surface area (Å²) in [6, 6.07) is 5.53. The summed E-state index contributed by atoms with van der Waals surface area (Å²) in [6.07, 6.45) is 0. The fourth-order valence-corrected chi connectivity index (χ4v) is 2.56. The maximum Gasteiger partial charge on any atom is 0.289 e. The Balaban J connectivity index is 0.00000220. The van der Waals surface area contributed by atoms with E-state index < -0.39 is 18.6 Å². The number of nitrogens with one attached hydrogen (secondary N) is 1. The van der Waals surface area contributed by atoms with E-state index in [1.54, 1.807) is 29.2 Å². The summed E-state index contributed by atoms with van der Waals surface area (Å²) in [5.41, 5.74) is 0.463. The van der Waals surface area contributed by atoms with Crippen LogP contribution in [0.15, 0.2) is 24.3 Å². The Morgan fingerprint density at radius 1 is 1.38 bits per heavy atom. The number of alkyl halides is 2. The summed E-state index contributed by atoms with van der Waals surface area (Å²) in [6.45, 7) is 1.22. The number of aliphatic hydroxyl groups excluding tert-OH is 1. The van der Waals surface area contributed by atoms with Gasteiger partial charge in [0.05, 0.1) is 7.11 Å². The van der Waals surface area contributed by atoms with Crippen molar-refractivity contribution in [1.29, 1.82) is 0 Å². The van der Waals surface area contributed by atoms with E-state index in [1.807, 2.05) is 0 Å². The van der Waals surface area contributed by atoms with Crippen molar-refractivity contribution in [3.8, 4) is 5.75 Å². The smallest absolute Gasteiger partial charge is 0.289 e. The minimum atomic E-state index is -3.19. The fourth-order valence-electron chi connectivity index (χ4n) is 2.56. The van der Waals surface area contributed by atoms with E-state index in [0.29, 0.717) is 37.5 Å². The number of halogens is 3. The number of methoxy groups -OCH3 is 1. The van der Waals surface area contributed by atoms with Crippen molar-refractivity contribution in [2.24, 2.45) is 0 Å². The molecule has 1 aromatic carbocycles. The maximum atomic E-state index is 14.2. The van der Waals surface area contributed by atoms with Crippen molar-refractivity contribution < 1.29 is 18.6 Å². The van der Waals surface area contributed by atoms with Gasteiger partial charge in [-0.2, -0.15) is 0 Å². The lowest BCUT2D eigenvalue weighted by molar-refractivity contribution is -0.118. The predicted octanol–water partition coefficient (Wildman–Crippen LogP) is 1.69. The summed E-state index contributed by atoms with van der Waals surface area (Å²) in [5.74, 6) is -2.65. The molecule has 2 rings (SSSR count). The highest BCUT2D eigenvalue weighted by molar-refractivity contribution is 5.85. The second kappa shape index (κ2) is 7.89. The van der Waals surface area contributed by atoms with Gasteiger partial charge < -0.3 is 15.2 Å². The quantitative estimate of drug-likeness (QED) is 0.866. The van der Waals surface area contributed by atoms with Gasteiger partial charge >= 0.3 is 0 Å². The molecule has 2 N–H and O–H groups in total. The monoisotopic (exact) mass is 322 g/mol. The van der Waals surface area contributed by atoms with Crippen molar-refractivity contribution in [1.82, 2.24) is 10.2 Å². The normalized spacial score (nSPS) is 17.9. The second-order valence-electron chi connectivity index (χ2n) is 4.88. The summed E-state index contributed by atoms with van der Waals surface area (Å²) in [5, 5.41) is 12.2. The van der Waals surface area contributed by atoms with Crippen LogP contribution in [-0.4, -0.2) is 55.8 Å². The van der Waals surface area contributed by atoms with Crippen molar-refractivity contribution in [2.45, 2.75) is 12.0 Å². The van der Waals surface area contributed by atoms with Gasteiger partial charge in [0, 0.05) is 26.2 Å². The first-order valence-corrected chi connectivity index (χ1v) is 6.66. The number of rotatable bonds is 5. The first kappa shape index (κ1) is 18.1. The molecule has 7 heteroatoms. The second-order valence-corrected chi connectivity index (χ2v) is 4.88. The molecular formula is C14H21ClF2N2O2. The molecule has 1 aliphatic heterocycles. The average Bonchev–Trinajstić information content (AvgIpc) is 2.48. The Morgan fingerprint density at radius 2 is 2.05 bits per heavy atom. The van der Waals surface area contributed by atoms with Gasteiger partial charge in [0.15, 0.2) is 0 Å². The predicted molar refractivity (Wildman–Crippen MR) is 79.5 cm³/mol. The molecule has 0 aliphatic carbocycles. The highest BCUT2D eigenvalue weighted by atomic mass is 35.5. The molecule has 1 heterocycles. The summed E-state index contributed by atoms with van der Waals surface area (Å²) in [7, 11) is 1.50. The molecule has 1 fully saturated rings. The third-order valence-electron chi connectivity index (χ3n) is 3.54. The lowest BCUT2D eigenvalue weighted by Gasteiger charge is -2.38. The molecular weight excluding hydrogens is 302 g/mol. The van der Waals surface area contributed by atoms with E-state index in [1.165, 1.54) is 7.11 Å². The van der Waals surface area contributed by atoms with Crippen LogP contribution in [0.4, 0.5) is 8.78 Å². The minimum absolute atomic E-state index is 0. The topological polar surface area (TPSA) is 44.7 Å². The Labute approximate surface area is 129 Å². The molecule has 0 aromatic heterocycles. The van der Waals surface area contributed by atoms with E-state index in [-0.39, 0.29) is 12.4 Å². The van der Waals surface area contributed by atoms with Crippen LogP contribution in [0.5, 0.6) is 5.75 Å². The van der Waals surface area contributed by atoms with Crippen LogP contribution in [0.25, 0.3) is 0 Å². The van der Waals surface area contributed by atoms with Gasteiger partial charge in [-0.05, 0) is 17.7 Å². The summed E-state index contributed by atoms with van der Waals surface area (Å²) < 4.78 is 33.4. The van der Waals surface area contributed by atoms with Crippen LogP contribution in [0.1, 0.15) is 11.6 Å². The first-order chi connectivity index (χ1) is 9.58.